The van der Waals surface area contributed by atoms with Crippen LogP contribution < -0.4 is 4.74 Å². The van der Waals surface area contributed by atoms with Crippen LogP contribution in [0.1, 0.15) is 29.6 Å². The highest BCUT2D eigenvalue weighted by Crippen LogP contribution is 2.22. The van der Waals surface area contributed by atoms with Gasteiger partial charge in [-0.1, -0.05) is 15.9 Å². The van der Waals surface area contributed by atoms with Gasteiger partial charge < -0.3 is 9.64 Å². The second kappa shape index (κ2) is 7.02. The van der Waals surface area contributed by atoms with Gasteiger partial charge in [0.05, 0.1) is 0 Å². The molecule has 0 radical (unpaired) electrons. The van der Waals surface area contributed by atoms with Crippen LogP contribution in [-0.2, 0) is 0 Å². The van der Waals surface area contributed by atoms with Crippen molar-refractivity contribution in [1.82, 2.24) is 4.90 Å². The van der Waals surface area contributed by atoms with Gasteiger partial charge in [0.25, 0.3) is 5.91 Å². The second-order valence-corrected chi connectivity index (χ2v) is 5.35. The quantitative estimate of drug-likeness (QED) is 0.777. The molecular weight excluding hydrogens is 332 g/mol. The van der Waals surface area contributed by atoms with E-state index in [4.69, 9.17) is 0 Å². The van der Waals surface area contributed by atoms with Crippen LogP contribution in [0.25, 0.3) is 0 Å². The number of carbonyl (C=O) groups is 1. The highest BCUT2D eigenvalue weighted by Gasteiger charge is 2.26. The van der Waals surface area contributed by atoms with E-state index in [-0.39, 0.29) is 17.7 Å². The van der Waals surface area contributed by atoms with Gasteiger partial charge >= 0.3 is 6.61 Å². The first-order valence-corrected chi connectivity index (χ1v) is 7.66. The summed E-state index contributed by atoms with van der Waals surface area (Å²) in [7, 11) is 0. The lowest BCUT2D eigenvalue weighted by Gasteiger charge is -2.34. The van der Waals surface area contributed by atoms with Crippen molar-refractivity contribution in [3.63, 3.8) is 0 Å². The normalized spacial score (nSPS) is 19.2. The van der Waals surface area contributed by atoms with Gasteiger partial charge in [-0.2, -0.15) is 8.78 Å². The molecule has 20 heavy (non-hydrogen) atoms. The third kappa shape index (κ3) is 3.69. The summed E-state index contributed by atoms with van der Waals surface area (Å²) in [5, 5.41) is 0.755. The van der Waals surface area contributed by atoms with Crippen LogP contribution in [0.4, 0.5) is 8.78 Å². The maximum Gasteiger partial charge on any atom is 0.387 e. The maximum absolute atomic E-state index is 12.4. The maximum atomic E-state index is 12.4. The van der Waals surface area contributed by atoms with Gasteiger partial charge in [0.2, 0.25) is 0 Å². The lowest BCUT2D eigenvalue weighted by atomic mass is 10.0. The molecule has 0 aromatic heterocycles. The fourth-order valence-corrected chi connectivity index (χ4v) is 3.05. The van der Waals surface area contributed by atoms with Gasteiger partial charge in [-0.3, -0.25) is 4.79 Å². The highest BCUT2D eigenvalue weighted by atomic mass is 79.9. The van der Waals surface area contributed by atoms with Crippen molar-refractivity contribution in [2.75, 3.05) is 11.9 Å². The summed E-state index contributed by atoms with van der Waals surface area (Å²) in [6, 6.07) is 6.05. The van der Waals surface area contributed by atoms with E-state index < -0.39 is 6.61 Å². The molecule has 1 aliphatic heterocycles. The van der Waals surface area contributed by atoms with E-state index >= 15 is 0 Å². The number of carbonyl (C=O) groups excluding carboxylic acids is 1. The fourth-order valence-electron chi connectivity index (χ4n) is 2.37. The van der Waals surface area contributed by atoms with Crippen molar-refractivity contribution in [1.29, 1.82) is 0 Å². The Morgan fingerprint density at radius 2 is 2.05 bits per heavy atom. The first-order valence-electron chi connectivity index (χ1n) is 6.53. The minimum Gasteiger partial charge on any atom is -0.435 e. The van der Waals surface area contributed by atoms with Crippen LogP contribution >= 0.6 is 15.9 Å². The molecule has 0 aliphatic carbocycles. The Morgan fingerprint density at radius 3 is 2.65 bits per heavy atom. The Bertz CT molecular complexity index is 453. The predicted molar refractivity (Wildman–Crippen MR) is 75.5 cm³/mol. The molecule has 1 aromatic rings. The van der Waals surface area contributed by atoms with Crippen molar-refractivity contribution in [2.45, 2.75) is 31.9 Å². The Balaban J connectivity index is 2.08. The van der Waals surface area contributed by atoms with Crippen LogP contribution in [0.15, 0.2) is 24.3 Å². The van der Waals surface area contributed by atoms with Gasteiger partial charge in [-0.05, 0) is 43.5 Å². The topological polar surface area (TPSA) is 29.5 Å². The summed E-state index contributed by atoms with van der Waals surface area (Å²) >= 11 is 3.43. The fraction of sp³-hybridized carbons (Fsp3) is 0.500. The van der Waals surface area contributed by atoms with Crippen LogP contribution in [0.2, 0.25) is 0 Å². The summed E-state index contributed by atoms with van der Waals surface area (Å²) < 4.78 is 28.4. The summed E-state index contributed by atoms with van der Waals surface area (Å²) in [6.45, 7) is -2.11. The largest absolute Gasteiger partial charge is 0.435 e. The Labute approximate surface area is 125 Å². The van der Waals surface area contributed by atoms with Gasteiger partial charge in [0, 0.05) is 23.5 Å². The van der Waals surface area contributed by atoms with Crippen molar-refractivity contribution in [2.24, 2.45) is 0 Å². The number of piperidine rings is 1. The van der Waals surface area contributed by atoms with Crippen molar-refractivity contribution >= 4 is 21.8 Å². The number of hydrogen-bond acceptors (Lipinski definition) is 2. The number of amides is 1. The lowest BCUT2D eigenvalue weighted by molar-refractivity contribution is -0.0498. The molecule has 1 unspecified atom stereocenters. The molecule has 0 spiro atoms. The van der Waals surface area contributed by atoms with Gasteiger partial charge in [0.15, 0.2) is 0 Å². The van der Waals surface area contributed by atoms with Crippen molar-refractivity contribution in [3.8, 4) is 5.75 Å². The average molecular weight is 348 g/mol. The van der Waals surface area contributed by atoms with E-state index in [2.05, 4.69) is 20.7 Å². The molecule has 1 saturated heterocycles. The number of likely N-dealkylation sites (tertiary alicyclic amines) is 1. The zero-order chi connectivity index (χ0) is 14.5. The Kier molecular flexibility index (Phi) is 5.34. The number of ether oxygens (including phenoxy) is 1. The third-order valence-corrected chi connectivity index (χ3v) is 4.14. The zero-order valence-electron chi connectivity index (χ0n) is 10.9. The Morgan fingerprint density at radius 1 is 1.35 bits per heavy atom. The molecule has 1 amide bonds. The van der Waals surface area contributed by atoms with Crippen molar-refractivity contribution < 1.29 is 18.3 Å². The van der Waals surface area contributed by atoms with Gasteiger partial charge in [-0.15, -0.1) is 0 Å². The van der Waals surface area contributed by atoms with E-state index in [1.807, 2.05) is 4.90 Å². The monoisotopic (exact) mass is 347 g/mol. The molecule has 2 rings (SSSR count). The zero-order valence-corrected chi connectivity index (χ0v) is 12.5. The van der Waals surface area contributed by atoms with Gasteiger partial charge in [0.1, 0.15) is 5.75 Å². The smallest absolute Gasteiger partial charge is 0.387 e. The summed E-state index contributed by atoms with van der Waals surface area (Å²) in [4.78, 5) is 14.3. The molecule has 0 bridgehead atoms. The van der Waals surface area contributed by atoms with Crippen LogP contribution in [0.5, 0.6) is 5.75 Å². The SMILES string of the molecule is O=C(c1ccc(OC(F)F)cc1)N1CCCCC1CBr. The predicted octanol–water partition coefficient (Wildman–Crippen LogP) is 3.68. The van der Waals surface area contributed by atoms with E-state index in [0.29, 0.717) is 5.56 Å². The molecular formula is C14H16BrF2NO2. The molecule has 0 N–H and O–H groups in total. The molecule has 1 aliphatic rings. The minimum absolute atomic E-state index is 0.0576. The summed E-state index contributed by atoms with van der Waals surface area (Å²) in [5.41, 5.74) is 0.500. The van der Waals surface area contributed by atoms with E-state index in [1.165, 1.54) is 24.3 Å². The average Bonchev–Trinajstić information content (AvgIpc) is 2.46. The van der Waals surface area contributed by atoms with E-state index in [9.17, 15) is 13.6 Å². The summed E-state index contributed by atoms with van der Waals surface area (Å²) in [6.07, 6.45) is 3.12. The lowest BCUT2D eigenvalue weighted by Crippen LogP contribution is -2.44. The first kappa shape index (κ1) is 15.2. The van der Waals surface area contributed by atoms with E-state index in [0.717, 1.165) is 31.1 Å². The summed E-state index contributed by atoms with van der Waals surface area (Å²) in [5.74, 6) is 0.00461. The molecule has 1 fully saturated rings. The highest BCUT2D eigenvalue weighted by molar-refractivity contribution is 9.09. The molecule has 1 heterocycles. The molecule has 3 nitrogen and oxygen atoms in total. The van der Waals surface area contributed by atoms with Gasteiger partial charge in [-0.25, -0.2) is 0 Å². The molecule has 110 valence electrons. The molecule has 6 heteroatoms. The number of hydrogen-bond donors (Lipinski definition) is 0. The number of rotatable bonds is 4. The molecule has 0 saturated carbocycles. The third-order valence-electron chi connectivity index (χ3n) is 3.39. The standard InChI is InChI=1S/C14H16BrF2NO2/c15-9-11-3-1-2-8-18(11)13(19)10-4-6-12(7-5-10)20-14(16)17/h4-7,11,14H,1-3,8-9H2. The second-order valence-electron chi connectivity index (χ2n) is 4.71. The van der Waals surface area contributed by atoms with E-state index in [1.54, 1.807) is 0 Å². The molecule has 1 aromatic carbocycles. The number of nitrogens with zero attached hydrogens (tertiary/aromatic N) is 1. The first-order chi connectivity index (χ1) is 9.61. The van der Waals surface area contributed by atoms with Crippen molar-refractivity contribution in [3.05, 3.63) is 29.8 Å². The van der Waals surface area contributed by atoms with Crippen LogP contribution in [-0.4, -0.2) is 35.3 Å². The number of halogens is 3. The Hall–Kier alpha value is -1.17. The molecule has 1 atom stereocenters. The number of alkyl halides is 3. The van der Waals surface area contributed by atoms with Crippen LogP contribution in [0.3, 0.4) is 0 Å². The number of benzene rings is 1. The van der Waals surface area contributed by atoms with Crippen LogP contribution in [0, 0.1) is 0 Å². The minimum atomic E-state index is -2.85.